The molecule has 2 N–H and O–H groups in total. The summed E-state index contributed by atoms with van der Waals surface area (Å²) in [7, 11) is 3.18. The minimum Gasteiger partial charge on any atom is -0.508 e. The Kier molecular flexibility index (Phi) is 4.62. The number of ether oxygens (including phenoxy) is 2. The molecule has 2 aromatic carbocycles. The number of hydrogen-bond acceptors (Lipinski definition) is 7. The zero-order valence-corrected chi connectivity index (χ0v) is 17.3. The molecule has 2 heterocycles. The number of allylic oxidation sites excluding steroid dienone is 2. The number of fused-ring (bicyclic) bond motifs is 1. The molecule has 3 aromatic rings. The summed E-state index contributed by atoms with van der Waals surface area (Å²) in [5, 5.41) is 18.1. The van der Waals surface area contributed by atoms with Gasteiger partial charge >= 0.3 is 0 Å². The topological polar surface area (TPSA) is 98.5 Å². The lowest BCUT2D eigenvalue weighted by atomic mass is 9.85. The number of hydrogen-bond donors (Lipinski definition) is 2. The summed E-state index contributed by atoms with van der Waals surface area (Å²) < 4.78 is 12.5. The van der Waals surface area contributed by atoms with Gasteiger partial charge in [0.25, 0.3) is 0 Å². The number of phenols is 1. The van der Waals surface area contributed by atoms with Crippen LogP contribution < -0.4 is 14.8 Å². The number of benzene rings is 2. The highest BCUT2D eigenvalue weighted by atomic mass is 16.5. The van der Waals surface area contributed by atoms with Crippen LogP contribution in [0.3, 0.4) is 0 Å². The molecule has 0 radical (unpaired) electrons. The standard InChI is InChI=1S/C23H22N4O4/c1-30-16-10-14(11-17(12-16)31-2)22-25-23-24-18-7-4-8-19(29)20(18)21(27(23)26-22)13-5-3-6-15(28)9-13/h3,5-6,9-12,21,28H,4,7-8H2,1-2H3,(H,24,25,26). The third-order valence-electron chi connectivity index (χ3n) is 5.66. The Bertz CT molecular complexity index is 1190. The lowest BCUT2D eigenvalue weighted by Crippen LogP contribution is -2.31. The van der Waals surface area contributed by atoms with Crippen LogP contribution >= 0.6 is 0 Å². The van der Waals surface area contributed by atoms with Crippen molar-refractivity contribution in [2.45, 2.75) is 25.3 Å². The maximum absolute atomic E-state index is 12.9. The lowest BCUT2D eigenvalue weighted by Gasteiger charge is -2.32. The highest BCUT2D eigenvalue weighted by Crippen LogP contribution is 2.41. The van der Waals surface area contributed by atoms with Crippen LogP contribution in [0.1, 0.15) is 30.9 Å². The number of rotatable bonds is 4. The molecule has 31 heavy (non-hydrogen) atoms. The Morgan fingerprint density at radius 3 is 2.58 bits per heavy atom. The molecule has 0 spiro atoms. The molecule has 8 nitrogen and oxygen atoms in total. The van der Waals surface area contributed by atoms with E-state index in [1.165, 1.54) is 0 Å². The smallest absolute Gasteiger partial charge is 0.226 e. The van der Waals surface area contributed by atoms with E-state index >= 15 is 0 Å². The number of Topliss-reactive ketones (excluding diaryl/α,β-unsaturated/α-hetero) is 1. The molecule has 2 aliphatic rings. The Hall–Kier alpha value is -3.81. The van der Waals surface area contributed by atoms with E-state index < -0.39 is 6.04 Å². The largest absolute Gasteiger partial charge is 0.508 e. The Balaban J connectivity index is 1.67. The molecule has 0 saturated carbocycles. The lowest BCUT2D eigenvalue weighted by molar-refractivity contribution is -0.116. The van der Waals surface area contributed by atoms with Crippen molar-refractivity contribution in [1.29, 1.82) is 0 Å². The third-order valence-corrected chi connectivity index (χ3v) is 5.66. The van der Waals surface area contributed by atoms with Crippen molar-refractivity contribution in [3.8, 4) is 28.6 Å². The van der Waals surface area contributed by atoms with Gasteiger partial charge in [0.05, 0.1) is 14.2 Å². The van der Waals surface area contributed by atoms with E-state index in [4.69, 9.17) is 19.6 Å². The zero-order chi connectivity index (χ0) is 21.5. The second-order valence-corrected chi connectivity index (χ2v) is 7.60. The van der Waals surface area contributed by atoms with Crippen molar-refractivity contribution >= 4 is 11.7 Å². The highest BCUT2D eigenvalue weighted by Gasteiger charge is 2.37. The molecule has 0 saturated heterocycles. The fraction of sp³-hybridized carbons (Fsp3) is 0.261. The van der Waals surface area contributed by atoms with E-state index in [1.807, 2.05) is 18.2 Å². The van der Waals surface area contributed by atoms with Crippen LogP contribution in [-0.2, 0) is 4.79 Å². The average Bonchev–Trinajstić information content (AvgIpc) is 3.21. The zero-order valence-electron chi connectivity index (χ0n) is 17.3. The molecule has 1 atom stereocenters. The minimum absolute atomic E-state index is 0.0906. The number of carbonyl (C=O) groups excluding carboxylic acids is 1. The Morgan fingerprint density at radius 1 is 1.10 bits per heavy atom. The predicted octanol–water partition coefficient (Wildman–Crippen LogP) is 3.69. The summed E-state index contributed by atoms with van der Waals surface area (Å²) in [6.45, 7) is 0. The monoisotopic (exact) mass is 418 g/mol. The van der Waals surface area contributed by atoms with Crippen LogP contribution in [0.5, 0.6) is 17.2 Å². The molecule has 0 amide bonds. The number of phenolic OH excluding ortho intramolecular Hbond substituents is 1. The van der Waals surface area contributed by atoms with Crippen LogP contribution in [-0.4, -0.2) is 39.9 Å². The second kappa shape index (κ2) is 7.46. The van der Waals surface area contributed by atoms with Crippen LogP contribution in [0.25, 0.3) is 11.4 Å². The van der Waals surface area contributed by atoms with Gasteiger partial charge in [-0.05, 0) is 42.7 Å². The first-order chi connectivity index (χ1) is 15.1. The van der Waals surface area contributed by atoms with Gasteiger partial charge in [0, 0.05) is 29.3 Å². The SMILES string of the molecule is COc1cc(OC)cc(-c2nc3n(n2)C(c2cccc(O)c2)C2=C(CCCC2=O)N3)c1. The summed E-state index contributed by atoms with van der Waals surface area (Å²) in [6.07, 6.45) is 2.07. The summed E-state index contributed by atoms with van der Waals surface area (Å²) in [5.74, 6) is 2.53. The summed E-state index contributed by atoms with van der Waals surface area (Å²) >= 11 is 0. The Labute approximate surface area is 179 Å². The molecule has 1 aromatic heterocycles. The van der Waals surface area contributed by atoms with Gasteiger partial charge in [0.15, 0.2) is 11.6 Å². The van der Waals surface area contributed by atoms with E-state index in [9.17, 15) is 9.90 Å². The highest BCUT2D eigenvalue weighted by molar-refractivity contribution is 5.99. The van der Waals surface area contributed by atoms with Crippen molar-refractivity contribution in [2.24, 2.45) is 0 Å². The molecule has 0 bridgehead atoms. The van der Waals surface area contributed by atoms with Gasteiger partial charge in [-0.1, -0.05) is 12.1 Å². The van der Waals surface area contributed by atoms with Crippen LogP contribution in [0.2, 0.25) is 0 Å². The number of anilines is 1. The fourth-order valence-electron chi connectivity index (χ4n) is 4.22. The minimum atomic E-state index is -0.458. The van der Waals surface area contributed by atoms with Crippen LogP contribution in [0, 0.1) is 0 Å². The number of nitrogens with zero attached hydrogens (tertiary/aromatic N) is 3. The van der Waals surface area contributed by atoms with Gasteiger partial charge in [-0.3, -0.25) is 4.79 Å². The number of aromatic hydroxyl groups is 1. The number of ketones is 1. The maximum atomic E-state index is 12.9. The van der Waals surface area contributed by atoms with Gasteiger partial charge in [-0.15, -0.1) is 5.10 Å². The van der Waals surface area contributed by atoms with Gasteiger partial charge in [-0.25, -0.2) is 4.68 Å². The van der Waals surface area contributed by atoms with E-state index in [1.54, 1.807) is 43.2 Å². The average molecular weight is 418 g/mol. The maximum Gasteiger partial charge on any atom is 0.226 e. The molecule has 5 rings (SSSR count). The number of methoxy groups -OCH3 is 2. The van der Waals surface area contributed by atoms with Crippen molar-refractivity contribution in [2.75, 3.05) is 19.5 Å². The predicted molar refractivity (Wildman–Crippen MR) is 114 cm³/mol. The fourth-order valence-corrected chi connectivity index (χ4v) is 4.22. The van der Waals surface area contributed by atoms with Crippen LogP contribution in [0.15, 0.2) is 53.7 Å². The van der Waals surface area contributed by atoms with Crippen molar-refractivity contribution in [3.05, 3.63) is 59.3 Å². The van der Waals surface area contributed by atoms with Crippen molar-refractivity contribution in [3.63, 3.8) is 0 Å². The number of nitrogens with one attached hydrogen (secondary N) is 1. The van der Waals surface area contributed by atoms with E-state index in [2.05, 4.69) is 5.32 Å². The van der Waals surface area contributed by atoms with Gasteiger partial charge in [-0.2, -0.15) is 4.98 Å². The van der Waals surface area contributed by atoms with Gasteiger partial charge in [0.2, 0.25) is 5.95 Å². The van der Waals surface area contributed by atoms with Gasteiger partial charge in [0.1, 0.15) is 23.3 Å². The van der Waals surface area contributed by atoms with Gasteiger partial charge < -0.3 is 19.9 Å². The van der Waals surface area contributed by atoms with E-state index in [-0.39, 0.29) is 11.5 Å². The summed E-state index contributed by atoms with van der Waals surface area (Å²) in [6, 6.07) is 11.9. The molecule has 158 valence electrons. The first-order valence-corrected chi connectivity index (χ1v) is 10.1. The van der Waals surface area contributed by atoms with E-state index in [0.29, 0.717) is 35.3 Å². The second-order valence-electron chi connectivity index (χ2n) is 7.60. The third kappa shape index (κ3) is 3.30. The summed E-state index contributed by atoms with van der Waals surface area (Å²) in [4.78, 5) is 17.6. The molecule has 0 fully saturated rings. The molecular weight excluding hydrogens is 396 g/mol. The number of aromatic nitrogens is 3. The Morgan fingerprint density at radius 2 is 1.87 bits per heavy atom. The molecular formula is C23H22N4O4. The van der Waals surface area contributed by atoms with Crippen molar-refractivity contribution in [1.82, 2.24) is 14.8 Å². The molecule has 1 aliphatic heterocycles. The first kappa shape index (κ1) is 19.2. The first-order valence-electron chi connectivity index (χ1n) is 10.1. The van der Waals surface area contributed by atoms with Crippen LogP contribution in [0.4, 0.5) is 5.95 Å². The molecule has 8 heteroatoms. The molecule has 1 aliphatic carbocycles. The number of carbonyl (C=O) groups is 1. The van der Waals surface area contributed by atoms with Crippen molar-refractivity contribution < 1.29 is 19.4 Å². The quantitative estimate of drug-likeness (QED) is 0.667. The molecule has 1 unspecified atom stereocenters. The normalized spacial score (nSPS) is 17.6. The van der Waals surface area contributed by atoms with E-state index in [0.717, 1.165) is 29.7 Å². The summed E-state index contributed by atoms with van der Waals surface area (Å²) in [5.41, 5.74) is 3.08.